The van der Waals surface area contributed by atoms with E-state index < -0.39 is 0 Å². The number of carbonyl (C=O) groups excluding carboxylic acids is 1. The van der Waals surface area contributed by atoms with E-state index in [0.29, 0.717) is 5.78 Å². The van der Waals surface area contributed by atoms with Crippen LogP contribution in [-0.2, 0) is 4.79 Å². The van der Waals surface area contributed by atoms with Crippen molar-refractivity contribution in [3.8, 4) is 0 Å². The Bertz CT molecular complexity index is 308. The van der Waals surface area contributed by atoms with Gasteiger partial charge < -0.3 is 5.32 Å². The van der Waals surface area contributed by atoms with Crippen molar-refractivity contribution in [2.24, 2.45) is 5.41 Å². The quantitative estimate of drug-likeness (QED) is 0.824. The van der Waals surface area contributed by atoms with Crippen LogP contribution in [0.1, 0.15) is 64.7 Å². The molecule has 0 spiro atoms. The molecule has 18 heavy (non-hydrogen) atoms. The number of nitrogens with one attached hydrogen (secondary N) is 1. The molecule has 0 bridgehead atoms. The molecule has 1 aliphatic carbocycles. The van der Waals surface area contributed by atoms with Gasteiger partial charge in [-0.2, -0.15) is 0 Å². The third-order valence-electron chi connectivity index (χ3n) is 4.60. The summed E-state index contributed by atoms with van der Waals surface area (Å²) in [5, 5.41) is 3.40. The van der Waals surface area contributed by atoms with Gasteiger partial charge in [0.05, 0.1) is 0 Å². The first-order valence-electron chi connectivity index (χ1n) is 7.73. The van der Waals surface area contributed by atoms with E-state index in [0.717, 1.165) is 57.2 Å². The molecule has 0 aromatic rings. The standard InChI is InChI=1S/C16H27NO/c1-2-9-16(10-12-17-13-11-16)15(18)14-7-5-3-4-6-8-14/h7,17H,2-6,8-13H2,1H3. The average Bonchev–Trinajstić information content (AvgIpc) is 2.68. The zero-order valence-corrected chi connectivity index (χ0v) is 11.8. The summed E-state index contributed by atoms with van der Waals surface area (Å²) < 4.78 is 0. The Morgan fingerprint density at radius 1 is 1.28 bits per heavy atom. The summed E-state index contributed by atoms with van der Waals surface area (Å²) in [6.07, 6.45) is 12.4. The zero-order valence-electron chi connectivity index (χ0n) is 11.8. The van der Waals surface area contributed by atoms with Crippen molar-refractivity contribution in [3.05, 3.63) is 11.6 Å². The van der Waals surface area contributed by atoms with Gasteiger partial charge in [-0.25, -0.2) is 0 Å². The third-order valence-corrected chi connectivity index (χ3v) is 4.60. The molecule has 0 aromatic carbocycles. The fourth-order valence-electron chi connectivity index (χ4n) is 3.54. The van der Waals surface area contributed by atoms with Gasteiger partial charge in [-0.3, -0.25) is 4.79 Å². The molecule has 0 radical (unpaired) electrons. The molecule has 1 aliphatic heterocycles. The van der Waals surface area contributed by atoms with Crippen LogP contribution in [0.3, 0.4) is 0 Å². The van der Waals surface area contributed by atoms with E-state index in [4.69, 9.17) is 0 Å². The van der Waals surface area contributed by atoms with E-state index in [9.17, 15) is 4.79 Å². The molecule has 2 rings (SSSR count). The van der Waals surface area contributed by atoms with E-state index in [-0.39, 0.29) is 5.41 Å². The Morgan fingerprint density at radius 2 is 2.06 bits per heavy atom. The van der Waals surface area contributed by atoms with Crippen LogP contribution in [0.25, 0.3) is 0 Å². The minimum atomic E-state index is -0.0316. The Balaban J connectivity index is 2.13. The second kappa shape index (κ2) is 6.51. The summed E-state index contributed by atoms with van der Waals surface area (Å²) in [5.41, 5.74) is 1.12. The number of carbonyl (C=O) groups is 1. The summed E-state index contributed by atoms with van der Waals surface area (Å²) in [7, 11) is 0. The molecular weight excluding hydrogens is 222 g/mol. The molecule has 2 heteroatoms. The number of allylic oxidation sites excluding steroid dienone is 2. The highest BCUT2D eigenvalue weighted by Gasteiger charge is 2.39. The van der Waals surface area contributed by atoms with Crippen molar-refractivity contribution in [3.63, 3.8) is 0 Å². The predicted molar refractivity (Wildman–Crippen MR) is 75.6 cm³/mol. The lowest BCUT2D eigenvalue weighted by atomic mass is 9.69. The van der Waals surface area contributed by atoms with E-state index in [1.165, 1.54) is 19.3 Å². The monoisotopic (exact) mass is 249 g/mol. The Kier molecular flexibility index (Phi) is 4.99. The molecule has 1 N–H and O–H groups in total. The lowest BCUT2D eigenvalue weighted by Crippen LogP contribution is -2.42. The first-order chi connectivity index (χ1) is 8.78. The van der Waals surface area contributed by atoms with Gasteiger partial charge in [0.25, 0.3) is 0 Å². The van der Waals surface area contributed by atoms with Crippen molar-refractivity contribution in [1.29, 1.82) is 0 Å². The summed E-state index contributed by atoms with van der Waals surface area (Å²) in [6, 6.07) is 0. The molecular formula is C16H27NO. The molecule has 0 unspecified atom stereocenters. The Hall–Kier alpha value is -0.630. The van der Waals surface area contributed by atoms with Crippen LogP contribution in [0.5, 0.6) is 0 Å². The fraction of sp³-hybridized carbons (Fsp3) is 0.812. The van der Waals surface area contributed by atoms with Crippen molar-refractivity contribution in [2.75, 3.05) is 13.1 Å². The first kappa shape index (κ1) is 13.8. The van der Waals surface area contributed by atoms with Crippen LogP contribution in [0.15, 0.2) is 11.6 Å². The highest BCUT2D eigenvalue weighted by Crippen LogP contribution is 2.38. The van der Waals surface area contributed by atoms with Crippen LogP contribution in [0, 0.1) is 5.41 Å². The van der Waals surface area contributed by atoms with Gasteiger partial charge in [-0.1, -0.05) is 25.8 Å². The molecule has 102 valence electrons. The van der Waals surface area contributed by atoms with Crippen LogP contribution in [0.2, 0.25) is 0 Å². The second-order valence-corrected chi connectivity index (χ2v) is 5.94. The minimum absolute atomic E-state index is 0.0316. The van der Waals surface area contributed by atoms with Gasteiger partial charge in [-0.05, 0) is 63.6 Å². The van der Waals surface area contributed by atoms with Gasteiger partial charge in [-0.15, -0.1) is 0 Å². The molecule has 0 saturated carbocycles. The van der Waals surface area contributed by atoms with Crippen molar-refractivity contribution < 1.29 is 4.79 Å². The minimum Gasteiger partial charge on any atom is -0.317 e. The van der Waals surface area contributed by atoms with Gasteiger partial charge in [0.15, 0.2) is 5.78 Å². The van der Waals surface area contributed by atoms with Gasteiger partial charge in [0, 0.05) is 5.41 Å². The maximum absolute atomic E-state index is 12.9. The van der Waals surface area contributed by atoms with E-state index in [2.05, 4.69) is 18.3 Å². The molecule has 1 heterocycles. The summed E-state index contributed by atoms with van der Waals surface area (Å²) >= 11 is 0. The highest BCUT2D eigenvalue weighted by molar-refractivity contribution is 6.00. The maximum atomic E-state index is 12.9. The van der Waals surface area contributed by atoms with E-state index in [1.54, 1.807) is 0 Å². The molecule has 1 saturated heterocycles. The van der Waals surface area contributed by atoms with Crippen molar-refractivity contribution in [1.82, 2.24) is 5.32 Å². The van der Waals surface area contributed by atoms with Crippen LogP contribution < -0.4 is 5.32 Å². The SMILES string of the molecule is CCCC1(C(=O)C2=CCCCCC2)CCNCC1. The number of piperidine rings is 1. The van der Waals surface area contributed by atoms with E-state index >= 15 is 0 Å². The first-order valence-corrected chi connectivity index (χ1v) is 7.73. The van der Waals surface area contributed by atoms with Crippen LogP contribution >= 0.6 is 0 Å². The number of ketones is 1. The van der Waals surface area contributed by atoms with Gasteiger partial charge in [0.2, 0.25) is 0 Å². The number of rotatable bonds is 4. The molecule has 2 aliphatic rings. The van der Waals surface area contributed by atoms with Crippen LogP contribution in [-0.4, -0.2) is 18.9 Å². The molecule has 0 amide bonds. The lowest BCUT2D eigenvalue weighted by Gasteiger charge is -2.37. The predicted octanol–water partition coefficient (Wildman–Crippen LogP) is 3.62. The fourth-order valence-corrected chi connectivity index (χ4v) is 3.54. The maximum Gasteiger partial charge on any atom is 0.164 e. The second-order valence-electron chi connectivity index (χ2n) is 5.94. The summed E-state index contributed by atoms with van der Waals surface area (Å²) in [4.78, 5) is 12.9. The average molecular weight is 249 g/mol. The molecule has 2 nitrogen and oxygen atoms in total. The molecule has 0 atom stereocenters. The normalized spacial score (nSPS) is 24.2. The third kappa shape index (κ3) is 3.03. The summed E-state index contributed by atoms with van der Waals surface area (Å²) in [6.45, 7) is 4.23. The van der Waals surface area contributed by atoms with Gasteiger partial charge in [0.1, 0.15) is 0 Å². The smallest absolute Gasteiger partial charge is 0.164 e. The number of hydrogen-bond acceptors (Lipinski definition) is 2. The van der Waals surface area contributed by atoms with Crippen molar-refractivity contribution >= 4 is 5.78 Å². The Morgan fingerprint density at radius 3 is 2.78 bits per heavy atom. The lowest BCUT2D eigenvalue weighted by molar-refractivity contribution is -0.127. The van der Waals surface area contributed by atoms with Gasteiger partial charge >= 0.3 is 0 Å². The number of Topliss-reactive ketones (excluding diaryl/α,β-unsaturated/α-hetero) is 1. The van der Waals surface area contributed by atoms with E-state index in [1.807, 2.05) is 0 Å². The number of hydrogen-bond donors (Lipinski definition) is 1. The molecule has 0 aromatic heterocycles. The zero-order chi connectivity index (χ0) is 12.8. The highest BCUT2D eigenvalue weighted by atomic mass is 16.1. The Labute approximate surface area is 111 Å². The molecule has 1 fully saturated rings. The van der Waals surface area contributed by atoms with Crippen LogP contribution in [0.4, 0.5) is 0 Å². The largest absolute Gasteiger partial charge is 0.317 e. The van der Waals surface area contributed by atoms with Crippen molar-refractivity contribution in [2.45, 2.75) is 64.7 Å². The summed E-state index contributed by atoms with van der Waals surface area (Å²) in [5.74, 6) is 0.493. The topological polar surface area (TPSA) is 29.1 Å².